The molecule has 1 N–H and O–H groups in total. The van der Waals surface area contributed by atoms with Crippen molar-refractivity contribution in [1.29, 1.82) is 0 Å². The van der Waals surface area contributed by atoms with Crippen molar-refractivity contribution in [2.75, 3.05) is 11.5 Å². The van der Waals surface area contributed by atoms with Gasteiger partial charge < -0.3 is 5.11 Å². The first kappa shape index (κ1) is 31.6. The van der Waals surface area contributed by atoms with Gasteiger partial charge in [-0.15, -0.1) is 0 Å². The Morgan fingerprint density at radius 2 is 0.879 bits per heavy atom. The monoisotopic (exact) mass is 552 g/mol. The van der Waals surface area contributed by atoms with Crippen LogP contribution in [0, 0.1) is 0 Å². The lowest BCUT2D eigenvalue weighted by Crippen LogP contribution is -2.74. The highest BCUT2D eigenvalue weighted by Gasteiger charge is 2.95. The maximum absolute atomic E-state index is 13.5. The predicted molar refractivity (Wildman–Crippen MR) is 74.9 cm³/mol. The predicted octanol–water partition coefficient (Wildman–Crippen LogP) is 6.59. The Balaban J connectivity index is 6.19. The number of alkyl halides is 17. The van der Waals surface area contributed by atoms with Crippen LogP contribution >= 0.6 is 11.8 Å². The van der Waals surface area contributed by atoms with E-state index in [9.17, 15) is 79.4 Å². The van der Waals surface area contributed by atoms with Crippen LogP contribution in [0.4, 0.5) is 74.6 Å². The molecule has 0 fully saturated rings. The second-order valence-corrected chi connectivity index (χ2v) is 7.38. The van der Waals surface area contributed by atoms with Gasteiger partial charge >= 0.3 is 53.6 Å². The Kier molecular flexibility index (Phi) is 8.64. The van der Waals surface area contributed by atoms with Crippen LogP contribution in [0.15, 0.2) is 0 Å². The quantitative estimate of drug-likeness (QED) is 0.219. The molecular weight excluding hydrogens is 543 g/mol. The Morgan fingerprint density at radius 3 is 1.21 bits per heavy atom. The van der Waals surface area contributed by atoms with Crippen molar-refractivity contribution in [2.45, 2.75) is 60.5 Å². The van der Waals surface area contributed by atoms with E-state index in [-0.39, 0.29) is 11.8 Å². The van der Waals surface area contributed by atoms with E-state index in [1.807, 2.05) is 0 Å². The Hall–Kier alpha value is -1.37. The zero-order chi connectivity index (χ0) is 27.1. The molecule has 198 valence electrons. The van der Waals surface area contributed by atoms with E-state index in [4.69, 9.17) is 5.11 Å². The van der Waals surface area contributed by atoms with E-state index in [0.717, 1.165) is 0 Å². The lowest BCUT2D eigenvalue weighted by molar-refractivity contribution is -0.461. The molecule has 33 heavy (non-hydrogen) atoms. The second-order valence-electron chi connectivity index (χ2n) is 6.15. The zero-order valence-corrected chi connectivity index (χ0v) is 15.8. The minimum Gasteiger partial charge on any atom is -0.481 e. The van der Waals surface area contributed by atoms with Crippen LogP contribution in [0.5, 0.6) is 0 Å². The molecule has 0 atom stereocenters. The average Bonchev–Trinajstić information content (AvgIpc) is 2.58. The molecule has 0 spiro atoms. The van der Waals surface area contributed by atoms with Crippen molar-refractivity contribution < 1.29 is 84.5 Å². The summed E-state index contributed by atoms with van der Waals surface area (Å²) in [7, 11) is 0. The number of carboxylic acids is 1. The highest BCUT2D eigenvalue weighted by atomic mass is 32.2. The van der Waals surface area contributed by atoms with E-state index in [2.05, 4.69) is 0 Å². The molecule has 0 saturated heterocycles. The van der Waals surface area contributed by atoms with Gasteiger partial charge in [0.2, 0.25) is 0 Å². The van der Waals surface area contributed by atoms with Crippen molar-refractivity contribution in [3.63, 3.8) is 0 Å². The van der Waals surface area contributed by atoms with Gasteiger partial charge in [-0.1, -0.05) is 0 Å². The summed E-state index contributed by atoms with van der Waals surface area (Å²) < 4.78 is 221. The molecule has 0 aromatic rings. The smallest absolute Gasteiger partial charge is 0.460 e. The van der Waals surface area contributed by atoms with Crippen LogP contribution in [0.3, 0.4) is 0 Å². The van der Waals surface area contributed by atoms with Gasteiger partial charge in [0.05, 0.1) is 6.42 Å². The number of aliphatic carboxylic acids is 1. The molecule has 0 aliphatic carbocycles. The van der Waals surface area contributed by atoms with E-state index < -0.39 is 78.0 Å². The first-order valence-corrected chi connectivity index (χ1v) is 8.83. The maximum Gasteiger partial charge on any atom is 0.460 e. The Morgan fingerprint density at radius 1 is 0.545 bits per heavy atom. The fourth-order valence-corrected chi connectivity index (χ4v) is 2.74. The fourth-order valence-electron chi connectivity index (χ4n) is 1.82. The van der Waals surface area contributed by atoms with E-state index in [1.165, 1.54) is 0 Å². The van der Waals surface area contributed by atoms with Gasteiger partial charge in [-0.05, 0) is 5.75 Å². The van der Waals surface area contributed by atoms with Crippen molar-refractivity contribution in [3.05, 3.63) is 0 Å². The van der Waals surface area contributed by atoms with Crippen molar-refractivity contribution in [1.82, 2.24) is 0 Å². The fraction of sp³-hybridized carbons (Fsp3) is 0.923. The molecule has 0 unspecified atom stereocenters. The van der Waals surface area contributed by atoms with Crippen molar-refractivity contribution >= 4 is 17.7 Å². The molecule has 0 saturated carbocycles. The van der Waals surface area contributed by atoms with Gasteiger partial charge in [-0.25, -0.2) is 0 Å². The molecule has 0 aliphatic rings. The first-order chi connectivity index (χ1) is 14.2. The van der Waals surface area contributed by atoms with Gasteiger partial charge in [0.1, 0.15) is 0 Å². The third-order valence-corrected chi connectivity index (χ3v) is 4.79. The summed E-state index contributed by atoms with van der Waals surface area (Å²) in [5.41, 5.74) is 0. The largest absolute Gasteiger partial charge is 0.481 e. The summed E-state index contributed by atoms with van der Waals surface area (Å²) in [6, 6.07) is 0. The molecule has 0 aromatic carbocycles. The zero-order valence-electron chi connectivity index (χ0n) is 15.0. The molecule has 0 bridgehead atoms. The topological polar surface area (TPSA) is 37.3 Å². The highest BCUT2D eigenvalue weighted by Crippen LogP contribution is 2.64. The SMILES string of the molecule is O=C(O)CCSCCC(F)(F)C(F)(F)C(F)(F)C(F)(F)C(F)(F)C(F)(F)C(F)(F)C(F)(F)F. The summed E-state index contributed by atoms with van der Waals surface area (Å²) in [4.78, 5) is 10.1. The minimum atomic E-state index is -8.64. The lowest BCUT2D eigenvalue weighted by atomic mass is 9.88. The van der Waals surface area contributed by atoms with Crippen LogP contribution in [0.1, 0.15) is 12.8 Å². The summed E-state index contributed by atoms with van der Waals surface area (Å²) >= 11 is 0.0397. The minimum absolute atomic E-state index is 0.0397. The molecular formula is C13H9F17O2S. The van der Waals surface area contributed by atoms with Crippen molar-refractivity contribution in [2.24, 2.45) is 0 Å². The van der Waals surface area contributed by atoms with Crippen LogP contribution in [0.2, 0.25) is 0 Å². The third kappa shape index (κ3) is 5.03. The first-order valence-electron chi connectivity index (χ1n) is 7.67. The number of carbonyl (C=O) groups is 1. The average molecular weight is 552 g/mol. The molecule has 2 nitrogen and oxygen atoms in total. The summed E-state index contributed by atoms with van der Waals surface area (Å²) in [5.74, 6) is -59.9. The van der Waals surface area contributed by atoms with Crippen LogP contribution in [-0.4, -0.2) is 70.2 Å². The number of halogens is 17. The van der Waals surface area contributed by atoms with Gasteiger partial charge in [-0.2, -0.15) is 86.4 Å². The Labute approximate surface area is 175 Å². The van der Waals surface area contributed by atoms with Gasteiger partial charge in [0.25, 0.3) is 0 Å². The summed E-state index contributed by atoms with van der Waals surface area (Å²) in [6.45, 7) is 0. The lowest BCUT2D eigenvalue weighted by Gasteiger charge is -2.42. The Bertz CT molecular complexity index is 700. The number of rotatable bonds is 12. The maximum atomic E-state index is 13.5. The highest BCUT2D eigenvalue weighted by molar-refractivity contribution is 7.99. The van der Waals surface area contributed by atoms with Gasteiger partial charge in [0, 0.05) is 12.2 Å². The molecule has 0 amide bonds. The standard InChI is InChI=1S/C13H9F17O2S/c14-6(15,2-4-33-3-1-5(31)32)7(16,17)8(18,19)9(20,21)10(22,23)11(24,25)12(26,27)13(28,29)30/h1-4H2,(H,31,32). The molecule has 0 aromatic heterocycles. The van der Waals surface area contributed by atoms with E-state index in [0.29, 0.717) is 0 Å². The second kappa shape index (κ2) is 9.01. The molecule has 20 heteroatoms. The van der Waals surface area contributed by atoms with Gasteiger partial charge in [-0.3, -0.25) is 4.79 Å². The molecule has 0 rings (SSSR count). The number of thioether (sulfide) groups is 1. The summed E-state index contributed by atoms with van der Waals surface area (Å²) in [6.07, 6.45) is -11.2. The summed E-state index contributed by atoms with van der Waals surface area (Å²) in [5, 5.41) is 8.23. The van der Waals surface area contributed by atoms with Crippen LogP contribution in [-0.2, 0) is 4.79 Å². The molecule has 0 radical (unpaired) electrons. The molecule has 0 aliphatic heterocycles. The van der Waals surface area contributed by atoms with E-state index >= 15 is 0 Å². The van der Waals surface area contributed by atoms with Crippen molar-refractivity contribution in [3.8, 4) is 0 Å². The number of hydrogen-bond acceptors (Lipinski definition) is 2. The van der Waals surface area contributed by atoms with Gasteiger partial charge in [0.15, 0.2) is 0 Å². The number of hydrogen-bond donors (Lipinski definition) is 1. The molecule has 0 heterocycles. The third-order valence-electron chi connectivity index (χ3n) is 3.81. The van der Waals surface area contributed by atoms with Crippen LogP contribution in [0.25, 0.3) is 0 Å². The number of carboxylic acid groups (broad SMARTS) is 1. The van der Waals surface area contributed by atoms with Crippen LogP contribution < -0.4 is 0 Å². The van der Waals surface area contributed by atoms with E-state index in [1.54, 1.807) is 0 Å². The normalized spacial score (nSPS) is 15.7.